The van der Waals surface area contributed by atoms with Gasteiger partial charge < -0.3 is 50.7 Å². The van der Waals surface area contributed by atoms with Crippen molar-refractivity contribution in [2.45, 2.75) is 230 Å². The summed E-state index contributed by atoms with van der Waals surface area (Å²) in [6.07, 6.45) is 16.9. The quantitative estimate of drug-likeness (QED) is 0.0392. The fourth-order valence-electron chi connectivity index (χ4n) is 6.84. The molecule has 12 heteroatoms. The fourth-order valence-corrected chi connectivity index (χ4v) is 6.84. The summed E-state index contributed by atoms with van der Waals surface area (Å²) in [5, 5.41) is 67.9. The number of carbonyl (C=O) groups excluding carboxylic acids is 2. The second kappa shape index (κ2) is 32.8. The lowest BCUT2D eigenvalue weighted by Gasteiger charge is -2.40. The van der Waals surface area contributed by atoms with Crippen molar-refractivity contribution in [3.05, 3.63) is 0 Å². The molecule has 0 radical (unpaired) electrons. The number of rotatable bonds is 35. The molecular weight excluding hydrogens is 680 g/mol. The second-order valence-electron chi connectivity index (χ2n) is 15.3. The molecule has 314 valence electrons. The van der Waals surface area contributed by atoms with Crippen LogP contribution < -0.4 is 10.6 Å². The monoisotopic (exact) mass is 761 g/mol. The van der Waals surface area contributed by atoms with Crippen LogP contribution >= 0.6 is 0 Å². The van der Waals surface area contributed by atoms with Gasteiger partial charge in [0.25, 0.3) is 0 Å². The summed E-state index contributed by atoms with van der Waals surface area (Å²) in [6.45, 7) is 4.14. The minimum Gasteiger partial charge on any atom is -0.394 e. The van der Waals surface area contributed by atoms with Crippen LogP contribution in [0.1, 0.15) is 181 Å². The average Bonchev–Trinajstić information content (AvgIpc) is 3.15. The summed E-state index contributed by atoms with van der Waals surface area (Å²) in [6, 6.07) is -1.01. The first-order chi connectivity index (χ1) is 25.7. The van der Waals surface area contributed by atoms with E-state index in [4.69, 9.17) is 9.47 Å². The van der Waals surface area contributed by atoms with E-state index in [0.717, 1.165) is 96.4 Å². The van der Waals surface area contributed by atoms with Crippen LogP contribution in [0, 0.1) is 0 Å². The second-order valence-corrected chi connectivity index (χ2v) is 15.3. The summed E-state index contributed by atoms with van der Waals surface area (Å²) in [7, 11) is 0. The highest BCUT2D eigenvalue weighted by Gasteiger charge is 2.44. The van der Waals surface area contributed by atoms with Crippen LogP contribution in [0.25, 0.3) is 0 Å². The Kier molecular flexibility index (Phi) is 30.7. The highest BCUT2D eigenvalue weighted by atomic mass is 16.7. The van der Waals surface area contributed by atoms with Crippen molar-refractivity contribution in [2.75, 3.05) is 19.8 Å². The molecule has 8 atom stereocenters. The lowest BCUT2D eigenvalue weighted by molar-refractivity contribution is -0.303. The topological polar surface area (TPSA) is 198 Å². The Labute approximate surface area is 321 Å². The molecule has 0 aromatic heterocycles. The third-order valence-electron chi connectivity index (χ3n) is 10.5. The van der Waals surface area contributed by atoms with E-state index in [2.05, 4.69) is 24.5 Å². The third kappa shape index (κ3) is 24.0. The Morgan fingerprint density at radius 2 is 1.11 bits per heavy atom. The van der Waals surface area contributed by atoms with Crippen LogP contribution in [0.5, 0.6) is 0 Å². The fraction of sp³-hybridized carbons (Fsp3) is 0.951. The number of unbranched alkanes of at least 4 members (excludes halogenated alkanes) is 20. The van der Waals surface area contributed by atoms with Gasteiger partial charge in [-0.05, 0) is 25.7 Å². The first kappa shape index (κ1) is 49.6. The molecule has 0 spiro atoms. The van der Waals surface area contributed by atoms with E-state index >= 15 is 0 Å². The molecule has 2 amide bonds. The normalized spacial score (nSPS) is 22.0. The van der Waals surface area contributed by atoms with Crippen molar-refractivity contribution in [1.82, 2.24) is 10.6 Å². The van der Waals surface area contributed by atoms with Gasteiger partial charge >= 0.3 is 0 Å². The molecule has 1 saturated heterocycles. The SMILES string of the molecule is CCCCCCCCCCCCCCC(O)C(O)C(CO[C@H]1O[C@H](CO)[C@H](O)[C@H](O)[C@H]1O)NC(=O)CCCCCCCCCCCNC(=O)CCCC. The molecule has 0 saturated carbocycles. The Hall–Kier alpha value is -1.38. The van der Waals surface area contributed by atoms with E-state index in [1.165, 1.54) is 51.4 Å². The van der Waals surface area contributed by atoms with Crippen LogP contribution in [-0.4, -0.2) is 111 Å². The predicted molar refractivity (Wildman–Crippen MR) is 208 cm³/mol. The number of nitrogens with one attached hydrogen (secondary N) is 2. The molecule has 0 bridgehead atoms. The molecule has 53 heavy (non-hydrogen) atoms. The van der Waals surface area contributed by atoms with Crippen LogP contribution in [0.3, 0.4) is 0 Å². The first-order valence-corrected chi connectivity index (χ1v) is 21.5. The van der Waals surface area contributed by atoms with Crippen LogP contribution in [-0.2, 0) is 19.1 Å². The zero-order valence-corrected chi connectivity index (χ0v) is 33.4. The molecule has 1 aliphatic rings. The van der Waals surface area contributed by atoms with E-state index in [-0.39, 0.29) is 24.8 Å². The number of amides is 2. The summed E-state index contributed by atoms with van der Waals surface area (Å²) in [5.41, 5.74) is 0. The van der Waals surface area contributed by atoms with E-state index in [1.54, 1.807) is 0 Å². The standard InChI is InChI=1S/C41H80N2O10/c1-3-5-7-8-9-10-11-12-14-17-20-23-26-33(45)37(48)32(31-52-41-40(51)39(50)38(49)34(30-44)53-41)43-36(47)28-24-21-18-15-13-16-19-22-25-29-42-35(46)27-6-4-2/h32-34,37-41,44-45,48-51H,3-31H2,1-2H3,(H,42,46)(H,43,47)/t32?,33?,34-,37?,38+,39+,40-,41+/m1/s1. The molecule has 1 heterocycles. The Morgan fingerprint density at radius 3 is 1.66 bits per heavy atom. The molecule has 0 aromatic rings. The van der Waals surface area contributed by atoms with Gasteiger partial charge in [0.1, 0.15) is 30.5 Å². The maximum atomic E-state index is 12.9. The highest BCUT2D eigenvalue weighted by molar-refractivity contribution is 5.76. The molecule has 8 N–H and O–H groups in total. The molecule has 1 fully saturated rings. The maximum Gasteiger partial charge on any atom is 0.220 e. The van der Waals surface area contributed by atoms with Crippen LogP contribution in [0.2, 0.25) is 0 Å². The predicted octanol–water partition coefficient (Wildman–Crippen LogP) is 5.31. The Balaban J connectivity index is 2.43. The zero-order chi connectivity index (χ0) is 39.1. The largest absolute Gasteiger partial charge is 0.394 e. The van der Waals surface area contributed by atoms with Gasteiger partial charge in [-0.2, -0.15) is 0 Å². The van der Waals surface area contributed by atoms with Gasteiger partial charge in [-0.3, -0.25) is 9.59 Å². The van der Waals surface area contributed by atoms with E-state index in [0.29, 0.717) is 19.3 Å². The number of aliphatic hydroxyl groups is 6. The maximum absolute atomic E-state index is 12.9. The minimum absolute atomic E-state index is 0.149. The molecule has 0 aliphatic carbocycles. The van der Waals surface area contributed by atoms with Crippen LogP contribution in [0.15, 0.2) is 0 Å². The molecule has 0 aromatic carbocycles. The van der Waals surface area contributed by atoms with E-state index < -0.39 is 55.6 Å². The number of aliphatic hydroxyl groups excluding tert-OH is 6. The Bertz CT molecular complexity index is 882. The third-order valence-corrected chi connectivity index (χ3v) is 10.5. The van der Waals surface area contributed by atoms with E-state index in [9.17, 15) is 40.2 Å². The van der Waals surface area contributed by atoms with Crippen molar-refractivity contribution in [3.8, 4) is 0 Å². The number of carbonyl (C=O) groups is 2. The first-order valence-electron chi connectivity index (χ1n) is 21.5. The van der Waals surface area contributed by atoms with Gasteiger partial charge in [0.2, 0.25) is 11.8 Å². The summed E-state index contributed by atoms with van der Waals surface area (Å²) >= 11 is 0. The molecule has 1 rings (SSSR count). The van der Waals surface area contributed by atoms with Crippen molar-refractivity contribution < 1.29 is 49.7 Å². The lowest BCUT2D eigenvalue weighted by Crippen LogP contribution is -2.60. The van der Waals surface area contributed by atoms with Crippen molar-refractivity contribution >= 4 is 11.8 Å². The average molecular weight is 761 g/mol. The summed E-state index contributed by atoms with van der Waals surface area (Å²) in [4.78, 5) is 24.6. The summed E-state index contributed by atoms with van der Waals surface area (Å²) in [5.74, 6) is -0.137. The highest BCUT2D eigenvalue weighted by Crippen LogP contribution is 2.23. The molecule has 12 nitrogen and oxygen atoms in total. The molecular formula is C41H80N2O10. The number of ether oxygens (including phenoxy) is 2. The summed E-state index contributed by atoms with van der Waals surface area (Å²) < 4.78 is 11.1. The van der Waals surface area contributed by atoms with Crippen molar-refractivity contribution in [2.24, 2.45) is 0 Å². The van der Waals surface area contributed by atoms with Gasteiger partial charge in [0, 0.05) is 19.4 Å². The van der Waals surface area contributed by atoms with Gasteiger partial charge in [0.15, 0.2) is 6.29 Å². The van der Waals surface area contributed by atoms with Gasteiger partial charge in [0.05, 0.1) is 25.4 Å². The Morgan fingerprint density at radius 1 is 0.623 bits per heavy atom. The number of hydrogen-bond acceptors (Lipinski definition) is 10. The van der Waals surface area contributed by atoms with Gasteiger partial charge in [-0.25, -0.2) is 0 Å². The lowest BCUT2D eigenvalue weighted by atomic mass is 9.98. The van der Waals surface area contributed by atoms with Crippen molar-refractivity contribution in [1.29, 1.82) is 0 Å². The minimum atomic E-state index is -1.62. The van der Waals surface area contributed by atoms with Crippen molar-refractivity contribution in [3.63, 3.8) is 0 Å². The van der Waals surface area contributed by atoms with E-state index in [1.807, 2.05) is 0 Å². The van der Waals surface area contributed by atoms with Crippen LogP contribution in [0.4, 0.5) is 0 Å². The zero-order valence-electron chi connectivity index (χ0n) is 33.4. The van der Waals surface area contributed by atoms with Gasteiger partial charge in [-0.15, -0.1) is 0 Å². The smallest absolute Gasteiger partial charge is 0.220 e. The number of hydrogen-bond donors (Lipinski definition) is 8. The molecule has 1 aliphatic heterocycles. The van der Waals surface area contributed by atoms with Gasteiger partial charge in [-0.1, -0.05) is 142 Å². The molecule has 3 unspecified atom stereocenters.